The molecule has 1 aromatic carbocycles. The Labute approximate surface area is 92.0 Å². The summed E-state index contributed by atoms with van der Waals surface area (Å²) in [5.74, 6) is -0.116. The summed E-state index contributed by atoms with van der Waals surface area (Å²) in [6.07, 6.45) is 2.48. The van der Waals surface area contributed by atoms with Crippen molar-refractivity contribution in [1.82, 2.24) is 15.0 Å². The molecule has 0 atom stereocenters. The standard InChI is InChI=1S/C11H11N3O2/c15-11(14-5-2-6-16-14)8-3-1-4-9-10(8)13-7-12-9/h1,3-4,7H,2,5-6H2,(H,12,13). The Morgan fingerprint density at radius 3 is 3.25 bits per heavy atom. The molecular formula is C11H11N3O2. The number of nitrogens with one attached hydrogen (secondary N) is 1. The molecule has 0 radical (unpaired) electrons. The van der Waals surface area contributed by atoms with Gasteiger partial charge in [0.25, 0.3) is 5.91 Å². The minimum atomic E-state index is -0.116. The van der Waals surface area contributed by atoms with E-state index in [0.717, 1.165) is 11.9 Å². The lowest BCUT2D eigenvalue weighted by molar-refractivity contribution is -0.0767. The van der Waals surface area contributed by atoms with Gasteiger partial charge >= 0.3 is 0 Å². The first-order chi connectivity index (χ1) is 7.86. The highest BCUT2D eigenvalue weighted by Crippen LogP contribution is 2.18. The van der Waals surface area contributed by atoms with Crippen molar-refractivity contribution in [2.45, 2.75) is 6.42 Å². The van der Waals surface area contributed by atoms with Crippen LogP contribution in [0.15, 0.2) is 24.5 Å². The second-order valence-electron chi connectivity index (χ2n) is 3.70. The number of benzene rings is 1. The van der Waals surface area contributed by atoms with Crippen LogP contribution in [0.2, 0.25) is 0 Å². The summed E-state index contributed by atoms with van der Waals surface area (Å²) in [4.78, 5) is 24.5. The first kappa shape index (κ1) is 9.35. The molecule has 1 aliphatic rings. The van der Waals surface area contributed by atoms with Crippen molar-refractivity contribution in [3.63, 3.8) is 0 Å². The zero-order chi connectivity index (χ0) is 11.0. The number of hydrogen-bond donors (Lipinski definition) is 1. The van der Waals surface area contributed by atoms with Crippen molar-refractivity contribution in [2.24, 2.45) is 0 Å². The van der Waals surface area contributed by atoms with Crippen molar-refractivity contribution >= 4 is 16.9 Å². The SMILES string of the molecule is O=C(c1cccc2[nH]cnc12)N1CCCO1. The zero-order valence-electron chi connectivity index (χ0n) is 8.64. The molecular weight excluding hydrogens is 206 g/mol. The average molecular weight is 217 g/mol. The number of amides is 1. The number of carbonyl (C=O) groups is 1. The van der Waals surface area contributed by atoms with Crippen LogP contribution in [0.3, 0.4) is 0 Å². The quantitative estimate of drug-likeness (QED) is 0.784. The maximum absolute atomic E-state index is 12.1. The van der Waals surface area contributed by atoms with Crippen LogP contribution < -0.4 is 0 Å². The molecule has 1 saturated heterocycles. The number of nitrogens with zero attached hydrogens (tertiary/aromatic N) is 2. The number of aromatic nitrogens is 2. The van der Waals surface area contributed by atoms with Crippen molar-refractivity contribution in [2.75, 3.05) is 13.2 Å². The van der Waals surface area contributed by atoms with Crippen LogP contribution in [0.4, 0.5) is 0 Å². The van der Waals surface area contributed by atoms with Crippen LogP contribution >= 0.6 is 0 Å². The summed E-state index contributed by atoms with van der Waals surface area (Å²) in [5.41, 5.74) is 2.15. The third-order valence-electron chi connectivity index (χ3n) is 2.66. The minimum absolute atomic E-state index is 0.116. The average Bonchev–Trinajstić information content (AvgIpc) is 2.98. The van der Waals surface area contributed by atoms with Gasteiger partial charge in [-0.05, 0) is 18.6 Å². The van der Waals surface area contributed by atoms with Gasteiger partial charge in [-0.2, -0.15) is 0 Å². The molecule has 0 unspecified atom stereocenters. The topological polar surface area (TPSA) is 58.2 Å². The second-order valence-corrected chi connectivity index (χ2v) is 3.70. The molecule has 5 nitrogen and oxygen atoms in total. The maximum Gasteiger partial charge on any atom is 0.279 e. The van der Waals surface area contributed by atoms with Crippen LogP contribution in [0.1, 0.15) is 16.8 Å². The summed E-state index contributed by atoms with van der Waals surface area (Å²) < 4.78 is 0. The number of aromatic amines is 1. The zero-order valence-corrected chi connectivity index (χ0v) is 8.64. The lowest BCUT2D eigenvalue weighted by atomic mass is 10.1. The molecule has 1 N–H and O–H groups in total. The molecule has 3 rings (SSSR count). The number of para-hydroxylation sites is 1. The lowest BCUT2D eigenvalue weighted by Crippen LogP contribution is -2.26. The molecule has 1 amide bonds. The number of hydroxylamine groups is 2. The molecule has 5 heteroatoms. The van der Waals surface area contributed by atoms with Crippen molar-refractivity contribution in [3.8, 4) is 0 Å². The number of rotatable bonds is 1. The van der Waals surface area contributed by atoms with Gasteiger partial charge in [0.1, 0.15) is 5.52 Å². The van der Waals surface area contributed by atoms with E-state index >= 15 is 0 Å². The Morgan fingerprint density at radius 1 is 1.50 bits per heavy atom. The van der Waals surface area contributed by atoms with E-state index in [1.54, 1.807) is 12.4 Å². The summed E-state index contributed by atoms with van der Waals surface area (Å²) in [6.45, 7) is 1.27. The number of carbonyl (C=O) groups excluding carboxylic acids is 1. The number of fused-ring (bicyclic) bond motifs is 1. The smallest absolute Gasteiger partial charge is 0.279 e. The summed E-state index contributed by atoms with van der Waals surface area (Å²) in [7, 11) is 0. The molecule has 0 aliphatic carbocycles. The molecule has 1 aromatic heterocycles. The Balaban J connectivity index is 2.04. The van der Waals surface area contributed by atoms with Gasteiger partial charge in [0.05, 0.1) is 30.6 Å². The van der Waals surface area contributed by atoms with Gasteiger partial charge in [-0.15, -0.1) is 0 Å². The molecule has 0 bridgehead atoms. The van der Waals surface area contributed by atoms with Gasteiger partial charge in [-0.25, -0.2) is 10.0 Å². The van der Waals surface area contributed by atoms with E-state index < -0.39 is 0 Å². The molecule has 16 heavy (non-hydrogen) atoms. The number of imidazole rings is 1. The summed E-state index contributed by atoms with van der Waals surface area (Å²) in [5, 5.41) is 1.41. The first-order valence-corrected chi connectivity index (χ1v) is 5.23. The van der Waals surface area contributed by atoms with E-state index in [9.17, 15) is 4.79 Å². The molecule has 1 aliphatic heterocycles. The fourth-order valence-corrected chi connectivity index (χ4v) is 1.88. The van der Waals surface area contributed by atoms with Crippen LogP contribution in [0.5, 0.6) is 0 Å². The van der Waals surface area contributed by atoms with Crippen LogP contribution in [-0.2, 0) is 4.84 Å². The molecule has 2 heterocycles. The molecule has 2 aromatic rings. The first-order valence-electron chi connectivity index (χ1n) is 5.23. The maximum atomic E-state index is 12.1. The van der Waals surface area contributed by atoms with E-state index in [4.69, 9.17) is 4.84 Å². The molecule has 82 valence electrons. The Kier molecular flexibility index (Phi) is 2.11. The van der Waals surface area contributed by atoms with E-state index in [1.807, 2.05) is 12.1 Å². The fourth-order valence-electron chi connectivity index (χ4n) is 1.88. The van der Waals surface area contributed by atoms with Gasteiger partial charge in [0.15, 0.2) is 0 Å². The third-order valence-corrected chi connectivity index (χ3v) is 2.66. The van der Waals surface area contributed by atoms with Gasteiger partial charge < -0.3 is 4.98 Å². The van der Waals surface area contributed by atoms with Crippen LogP contribution in [-0.4, -0.2) is 34.1 Å². The van der Waals surface area contributed by atoms with E-state index in [-0.39, 0.29) is 5.91 Å². The number of H-pyrrole nitrogens is 1. The predicted octanol–water partition coefficient (Wildman–Crippen LogP) is 1.34. The Hall–Kier alpha value is -1.88. The lowest BCUT2D eigenvalue weighted by Gasteiger charge is -2.13. The summed E-state index contributed by atoms with van der Waals surface area (Å²) in [6, 6.07) is 5.50. The highest BCUT2D eigenvalue weighted by atomic mass is 16.7. The van der Waals surface area contributed by atoms with E-state index in [2.05, 4.69) is 9.97 Å². The van der Waals surface area contributed by atoms with Crippen molar-refractivity contribution < 1.29 is 9.63 Å². The largest absolute Gasteiger partial charge is 0.345 e. The summed E-state index contributed by atoms with van der Waals surface area (Å²) >= 11 is 0. The predicted molar refractivity (Wildman–Crippen MR) is 57.7 cm³/mol. The fraction of sp³-hybridized carbons (Fsp3) is 0.273. The highest BCUT2D eigenvalue weighted by molar-refractivity contribution is 6.04. The van der Waals surface area contributed by atoms with E-state index in [0.29, 0.717) is 24.2 Å². The van der Waals surface area contributed by atoms with Gasteiger partial charge in [0.2, 0.25) is 0 Å². The molecule has 0 saturated carbocycles. The van der Waals surface area contributed by atoms with Gasteiger partial charge in [-0.1, -0.05) is 6.07 Å². The van der Waals surface area contributed by atoms with Crippen molar-refractivity contribution in [3.05, 3.63) is 30.1 Å². The normalized spacial score (nSPS) is 15.9. The van der Waals surface area contributed by atoms with Crippen LogP contribution in [0.25, 0.3) is 11.0 Å². The van der Waals surface area contributed by atoms with Gasteiger partial charge in [0, 0.05) is 0 Å². The monoisotopic (exact) mass is 217 g/mol. The minimum Gasteiger partial charge on any atom is -0.345 e. The highest BCUT2D eigenvalue weighted by Gasteiger charge is 2.22. The Bertz CT molecular complexity index is 529. The molecule has 1 fully saturated rings. The van der Waals surface area contributed by atoms with Crippen molar-refractivity contribution in [1.29, 1.82) is 0 Å². The second kappa shape index (κ2) is 3.61. The Morgan fingerprint density at radius 2 is 2.44 bits per heavy atom. The van der Waals surface area contributed by atoms with Gasteiger partial charge in [-0.3, -0.25) is 9.63 Å². The number of hydrogen-bond acceptors (Lipinski definition) is 3. The molecule has 0 spiro atoms. The van der Waals surface area contributed by atoms with E-state index in [1.165, 1.54) is 5.06 Å². The van der Waals surface area contributed by atoms with Crippen LogP contribution in [0, 0.1) is 0 Å². The third kappa shape index (κ3) is 1.37.